The van der Waals surface area contributed by atoms with Gasteiger partial charge in [-0.05, 0) is 38.1 Å². The topological polar surface area (TPSA) is 75.7 Å². The lowest BCUT2D eigenvalue weighted by Gasteiger charge is -2.23. The van der Waals surface area contributed by atoms with E-state index in [0.717, 1.165) is 0 Å². The van der Waals surface area contributed by atoms with Crippen LogP contribution in [-0.4, -0.2) is 57.5 Å². The Morgan fingerprint density at radius 2 is 2.21 bits per heavy atom. The Kier molecular flexibility index (Phi) is 5.82. The van der Waals surface area contributed by atoms with Crippen LogP contribution in [0.2, 0.25) is 0 Å². The highest BCUT2D eigenvalue weighted by Gasteiger charge is 2.31. The third kappa shape index (κ3) is 4.67. The maximum absolute atomic E-state index is 13.7. The molecule has 2 rings (SSSR count). The second kappa shape index (κ2) is 7.48. The first-order chi connectivity index (χ1) is 11.2. The summed E-state index contributed by atoms with van der Waals surface area (Å²) in [5.74, 6) is -0.296. The lowest BCUT2D eigenvalue weighted by atomic mass is 10.1. The number of halogens is 1. The molecule has 8 heteroatoms. The number of rotatable bonds is 6. The second-order valence-corrected chi connectivity index (χ2v) is 8.38. The molecule has 0 aromatic heterocycles. The molecule has 1 aromatic carbocycles. The number of ether oxygens (including phenoxy) is 1. The molecular formula is C16H23FN2O4S. The summed E-state index contributed by atoms with van der Waals surface area (Å²) >= 11 is 0. The molecule has 1 N–H and O–H groups in total. The van der Waals surface area contributed by atoms with Crippen molar-refractivity contribution in [2.24, 2.45) is 0 Å². The van der Waals surface area contributed by atoms with Gasteiger partial charge < -0.3 is 10.1 Å². The van der Waals surface area contributed by atoms with E-state index >= 15 is 0 Å². The number of nitrogens with one attached hydrogen (secondary N) is 1. The molecule has 1 fully saturated rings. The van der Waals surface area contributed by atoms with Gasteiger partial charge in [0.15, 0.2) is 21.4 Å². The molecule has 1 aromatic rings. The number of carbonyl (C=O) groups is 1. The van der Waals surface area contributed by atoms with Crippen molar-refractivity contribution in [3.05, 3.63) is 29.6 Å². The molecule has 2 atom stereocenters. The highest BCUT2D eigenvalue weighted by atomic mass is 32.2. The summed E-state index contributed by atoms with van der Waals surface area (Å²) in [4.78, 5) is 13.9. The van der Waals surface area contributed by atoms with Gasteiger partial charge in [-0.2, -0.15) is 0 Å². The molecule has 1 saturated heterocycles. The standard InChI is InChI=1S/C16H23FN2O4S/c1-11(12-4-5-15(23-3)14(17)8-12)18-16(20)9-19(2)13-6-7-24(21,22)10-13/h4-5,8,11,13H,6-7,9-10H2,1-3H3,(H,18,20)/t11-,13-/m1/s1. The van der Waals surface area contributed by atoms with E-state index in [1.54, 1.807) is 24.9 Å². The highest BCUT2D eigenvalue weighted by Crippen LogP contribution is 2.22. The molecule has 24 heavy (non-hydrogen) atoms. The van der Waals surface area contributed by atoms with Crippen LogP contribution < -0.4 is 10.1 Å². The zero-order chi connectivity index (χ0) is 17.9. The summed E-state index contributed by atoms with van der Waals surface area (Å²) < 4.78 is 41.6. The van der Waals surface area contributed by atoms with Crippen molar-refractivity contribution in [1.29, 1.82) is 0 Å². The van der Waals surface area contributed by atoms with E-state index in [0.29, 0.717) is 12.0 Å². The third-order valence-electron chi connectivity index (χ3n) is 4.28. The number of hydrogen-bond acceptors (Lipinski definition) is 5. The average Bonchev–Trinajstić information content (AvgIpc) is 2.87. The Bertz CT molecular complexity index is 708. The van der Waals surface area contributed by atoms with E-state index in [4.69, 9.17) is 4.74 Å². The van der Waals surface area contributed by atoms with E-state index in [-0.39, 0.29) is 41.8 Å². The Balaban J connectivity index is 1.91. The number of carbonyl (C=O) groups excluding carboxylic acids is 1. The minimum Gasteiger partial charge on any atom is -0.494 e. The predicted molar refractivity (Wildman–Crippen MR) is 89.2 cm³/mol. The zero-order valence-electron chi connectivity index (χ0n) is 14.1. The zero-order valence-corrected chi connectivity index (χ0v) is 14.9. The van der Waals surface area contributed by atoms with Gasteiger partial charge in [0.25, 0.3) is 0 Å². The number of amides is 1. The molecule has 0 aliphatic carbocycles. The van der Waals surface area contributed by atoms with Crippen LogP contribution >= 0.6 is 0 Å². The summed E-state index contributed by atoms with van der Waals surface area (Å²) in [6, 6.07) is 4.05. The first-order valence-electron chi connectivity index (χ1n) is 7.75. The van der Waals surface area contributed by atoms with Gasteiger partial charge in [-0.25, -0.2) is 12.8 Å². The van der Waals surface area contributed by atoms with E-state index in [1.165, 1.54) is 19.2 Å². The van der Waals surface area contributed by atoms with Gasteiger partial charge in [0.2, 0.25) is 5.91 Å². The van der Waals surface area contributed by atoms with Crippen molar-refractivity contribution < 1.29 is 22.3 Å². The molecule has 0 spiro atoms. The first-order valence-corrected chi connectivity index (χ1v) is 9.57. The van der Waals surface area contributed by atoms with Crippen LogP contribution in [0, 0.1) is 5.82 Å². The molecule has 1 heterocycles. The molecule has 0 saturated carbocycles. The van der Waals surface area contributed by atoms with Gasteiger partial charge in [-0.1, -0.05) is 6.07 Å². The molecule has 1 aliphatic heterocycles. The number of benzene rings is 1. The van der Waals surface area contributed by atoms with Crippen molar-refractivity contribution in [2.45, 2.75) is 25.4 Å². The van der Waals surface area contributed by atoms with Crippen LogP contribution in [0.15, 0.2) is 18.2 Å². The van der Waals surface area contributed by atoms with Crippen molar-refractivity contribution >= 4 is 15.7 Å². The SMILES string of the molecule is COc1ccc([C@@H](C)NC(=O)CN(C)[C@@H]2CCS(=O)(=O)C2)cc1F. The number of nitrogens with zero attached hydrogens (tertiary/aromatic N) is 1. The monoisotopic (exact) mass is 358 g/mol. The van der Waals surface area contributed by atoms with Gasteiger partial charge in [0.1, 0.15) is 0 Å². The lowest BCUT2D eigenvalue weighted by Crippen LogP contribution is -2.41. The van der Waals surface area contributed by atoms with Crippen LogP contribution in [-0.2, 0) is 14.6 Å². The number of sulfone groups is 1. The molecule has 6 nitrogen and oxygen atoms in total. The summed E-state index contributed by atoms with van der Waals surface area (Å²) in [6.07, 6.45) is 0.547. The molecule has 134 valence electrons. The van der Waals surface area contributed by atoms with Crippen molar-refractivity contribution in [3.63, 3.8) is 0 Å². The average molecular weight is 358 g/mol. The maximum Gasteiger partial charge on any atom is 0.234 e. The largest absolute Gasteiger partial charge is 0.494 e. The van der Waals surface area contributed by atoms with Gasteiger partial charge in [0.05, 0.1) is 31.2 Å². The quantitative estimate of drug-likeness (QED) is 0.825. The van der Waals surface area contributed by atoms with Gasteiger partial charge in [-0.3, -0.25) is 9.69 Å². The van der Waals surface area contributed by atoms with Gasteiger partial charge in [0, 0.05) is 6.04 Å². The van der Waals surface area contributed by atoms with E-state index in [1.807, 2.05) is 0 Å². The first kappa shape index (κ1) is 18.7. The predicted octanol–water partition coefficient (Wildman–Crippen LogP) is 1.13. The Morgan fingerprint density at radius 3 is 2.75 bits per heavy atom. The number of hydrogen-bond donors (Lipinski definition) is 1. The van der Waals surface area contributed by atoms with E-state index in [2.05, 4.69) is 5.32 Å². The van der Waals surface area contributed by atoms with Crippen LogP contribution in [0.5, 0.6) is 5.75 Å². The van der Waals surface area contributed by atoms with Crippen molar-refractivity contribution in [1.82, 2.24) is 10.2 Å². The summed E-state index contributed by atoms with van der Waals surface area (Å²) in [7, 11) is 0.149. The maximum atomic E-state index is 13.7. The van der Waals surface area contributed by atoms with E-state index < -0.39 is 15.7 Å². The number of likely N-dealkylation sites (N-methyl/N-ethyl adjacent to an activating group) is 1. The molecule has 1 aliphatic rings. The Labute approximate surface area is 141 Å². The van der Waals surface area contributed by atoms with Gasteiger partial charge >= 0.3 is 0 Å². The molecule has 0 radical (unpaired) electrons. The van der Waals surface area contributed by atoms with Crippen LogP contribution in [0.25, 0.3) is 0 Å². The smallest absolute Gasteiger partial charge is 0.234 e. The summed E-state index contributed by atoms with van der Waals surface area (Å²) in [5, 5.41) is 2.80. The lowest BCUT2D eigenvalue weighted by molar-refractivity contribution is -0.123. The van der Waals surface area contributed by atoms with Crippen LogP contribution in [0.3, 0.4) is 0 Å². The van der Waals surface area contributed by atoms with E-state index in [9.17, 15) is 17.6 Å². The molecule has 0 unspecified atom stereocenters. The third-order valence-corrected chi connectivity index (χ3v) is 6.03. The van der Waals surface area contributed by atoms with Crippen molar-refractivity contribution in [2.75, 3.05) is 32.2 Å². The highest BCUT2D eigenvalue weighted by molar-refractivity contribution is 7.91. The fraction of sp³-hybridized carbons (Fsp3) is 0.562. The van der Waals surface area contributed by atoms with Crippen LogP contribution in [0.4, 0.5) is 4.39 Å². The fourth-order valence-corrected chi connectivity index (χ4v) is 4.61. The van der Waals surface area contributed by atoms with Crippen molar-refractivity contribution in [3.8, 4) is 5.75 Å². The van der Waals surface area contributed by atoms with Gasteiger partial charge in [-0.15, -0.1) is 0 Å². The van der Waals surface area contributed by atoms with Crippen LogP contribution in [0.1, 0.15) is 24.9 Å². The normalized spacial score (nSPS) is 20.8. The minimum atomic E-state index is -2.98. The molecule has 0 bridgehead atoms. The summed E-state index contributed by atoms with van der Waals surface area (Å²) in [5.41, 5.74) is 0.632. The second-order valence-electron chi connectivity index (χ2n) is 6.16. The summed E-state index contributed by atoms with van der Waals surface area (Å²) in [6.45, 7) is 1.86. The molecular weight excluding hydrogens is 335 g/mol. The number of methoxy groups -OCH3 is 1. The Hall–Kier alpha value is -1.67. The Morgan fingerprint density at radius 1 is 1.50 bits per heavy atom. The fourth-order valence-electron chi connectivity index (χ4n) is 2.80. The minimum absolute atomic E-state index is 0.0933. The molecule has 1 amide bonds.